The van der Waals surface area contributed by atoms with Gasteiger partial charge in [-0.1, -0.05) is 11.6 Å². The average Bonchev–Trinajstić information content (AvgIpc) is 3.19. The first-order valence-corrected chi connectivity index (χ1v) is 8.98. The molecule has 144 valence electrons. The Morgan fingerprint density at radius 2 is 2.26 bits per heavy atom. The van der Waals surface area contributed by atoms with Crippen LogP contribution in [0.5, 0.6) is 0 Å². The number of likely N-dealkylation sites (N-methyl/N-ethyl adjacent to an activating group) is 1. The van der Waals surface area contributed by atoms with Crippen LogP contribution >= 0.6 is 11.6 Å². The van der Waals surface area contributed by atoms with Crippen molar-refractivity contribution in [3.8, 4) is 11.1 Å². The summed E-state index contributed by atoms with van der Waals surface area (Å²) in [6.07, 6.45) is 1.62. The van der Waals surface area contributed by atoms with Crippen LogP contribution in [0.4, 0.5) is 10.5 Å². The van der Waals surface area contributed by atoms with Crippen LogP contribution in [0.15, 0.2) is 18.3 Å². The maximum atomic E-state index is 11.9. The number of benzene rings is 1. The second kappa shape index (κ2) is 7.98. The molecule has 0 aliphatic carbocycles. The van der Waals surface area contributed by atoms with Crippen molar-refractivity contribution in [3.63, 3.8) is 0 Å². The molecule has 1 aliphatic rings. The van der Waals surface area contributed by atoms with Crippen molar-refractivity contribution in [2.24, 2.45) is 7.05 Å². The zero-order chi connectivity index (χ0) is 19.6. The van der Waals surface area contributed by atoms with Crippen molar-refractivity contribution >= 4 is 29.3 Å². The van der Waals surface area contributed by atoms with E-state index in [-0.39, 0.29) is 18.6 Å². The van der Waals surface area contributed by atoms with E-state index >= 15 is 0 Å². The Morgan fingerprint density at radius 3 is 3.00 bits per heavy atom. The molecule has 1 aliphatic heterocycles. The summed E-state index contributed by atoms with van der Waals surface area (Å²) in [4.78, 5) is 23.5. The number of alkyl carbamates (subject to hydrolysis) is 1. The number of nitrogens with zero attached hydrogens (tertiary/aromatic N) is 2. The molecule has 8 nitrogen and oxygen atoms in total. The number of aromatic nitrogens is 2. The molecule has 0 fully saturated rings. The SMILES string of the molecule is CN[C@H](C)CNC(=O)OCc1nn(C)cc1-c1cc(Cl)c2c(c1)CC(=O)N2. The highest BCUT2D eigenvalue weighted by molar-refractivity contribution is 6.34. The van der Waals surface area contributed by atoms with Crippen LogP contribution in [0.2, 0.25) is 5.02 Å². The molecule has 2 heterocycles. The summed E-state index contributed by atoms with van der Waals surface area (Å²) in [6.45, 7) is 2.45. The molecular formula is C18H22ClN5O3. The van der Waals surface area contributed by atoms with Crippen molar-refractivity contribution in [1.82, 2.24) is 20.4 Å². The lowest BCUT2D eigenvalue weighted by Gasteiger charge is -2.12. The van der Waals surface area contributed by atoms with Gasteiger partial charge in [0.05, 0.1) is 17.1 Å². The first kappa shape index (κ1) is 19.2. The Labute approximate surface area is 162 Å². The van der Waals surface area contributed by atoms with Gasteiger partial charge in [-0.3, -0.25) is 9.48 Å². The Balaban J connectivity index is 1.75. The van der Waals surface area contributed by atoms with E-state index in [1.165, 1.54) is 0 Å². The van der Waals surface area contributed by atoms with Gasteiger partial charge in [-0.25, -0.2) is 4.79 Å². The summed E-state index contributed by atoms with van der Waals surface area (Å²) in [5.74, 6) is -0.0775. The van der Waals surface area contributed by atoms with E-state index in [1.54, 1.807) is 17.8 Å². The largest absolute Gasteiger partial charge is 0.443 e. The third-order valence-electron chi connectivity index (χ3n) is 4.39. The van der Waals surface area contributed by atoms with Crippen molar-refractivity contribution in [2.75, 3.05) is 18.9 Å². The molecule has 0 radical (unpaired) electrons. The highest BCUT2D eigenvalue weighted by Gasteiger charge is 2.23. The number of aryl methyl sites for hydroxylation is 1. The molecule has 0 unspecified atom stereocenters. The third-order valence-corrected chi connectivity index (χ3v) is 4.69. The predicted octanol–water partition coefficient (Wildman–Crippen LogP) is 2.07. The van der Waals surface area contributed by atoms with Crippen molar-refractivity contribution in [1.29, 1.82) is 0 Å². The van der Waals surface area contributed by atoms with E-state index in [0.717, 1.165) is 16.7 Å². The second-order valence-corrected chi connectivity index (χ2v) is 6.93. The van der Waals surface area contributed by atoms with E-state index in [4.69, 9.17) is 16.3 Å². The van der Waals surface area contributed by atoms with Gasteiger partial charge in [-0.2, -0.15) is 5.10 Å². The molecule has 2 aromatic rings. The van der Waals surface area contributed by atoms with E-state index in [2.05, 4.69) is 21.0 Å². The topological polar surface area (TPSA) is 97.3 Å². The van der Waals surface area contributed by atoms with Crippen LogP contribution in [0, 0.1) is 0 Å². The minimum Gasteiger partial charge on any atom is -0.443 e. The maximum Gasteiger partial charge on any atom is 0.407 e. The van der Waals surface area contributed by atoms with E-state index in [0.29, 0.717) is 29.4 Å². The molecule has 0 saturated carbocycles. The number of anilines is 1. The number of nitrogens with one attached hydrogen (secondary N) is 3. The van der Waals surface area contributed by atoms with E-state index in [1.807, 2.05) is 26.2 Å². The van der Waals surface area contributed by atoms with E-state index in [9.17, 15) is 9.59 Å². The summed E-state index contributed by atoms with van der Waals surface area (Å²) >= 11 is 6.32. The molecule has 1 aromatic heterocycles. The number of hydrogen-bond acceptors (Lipinski definition) is 5. The number of fused-ring (bicyclic) bond motifs is 1. The molecule has 9 heteroatoms. The molecule has 0 bridgehead atoms. The highest BCUT2D eigenvalue weighted by atomic mass is 35.5. The maximum absolute atomic E-state index is 11.9. The molecule has 2 amide bonds. The summed E-state index contributed by atoms with van der Waals surface area (Å²) in [5.41, 5.74) is 3.74. The first-order valence-electron chi connectivity index (χ1n) is 8.60. The highest BCUT2D eigenvalue weighted by Crippen LogP contribution is 2.36. The number of amides is 2. The lowest BCUT2D eigenvalue weighted by molar-refractivity contribution is -0.115. The quantitative estimate of drug-likeness (QED) is 0.700. The van der Waals surface area contributed by atoms with Crippen LogP contribution in [-0.2, 0) is 29.6 Å². The Hall–Kier alpha value is -2.58. The molecule has 0 saturated heterocycles. The lowest BCUT2D eigenvalue weighted by atomic mass is 10.0. The van der Waals surface area contributed by atoms with Gasteiger partial charge in [-0.05, 0) is 37.2 Å². The van der Waals surface area contributed by atoms with Crippen LogP contribution in [0.3, 0.4) is 0 Å². The van der Waals surface area contributed by atoms with Gasteiger partial charge in [0.25, 0.3) is 0 Å². The fourth-order valence-corrected chi connectivity index (χ4v) is 3.15. The molecule has 0 spiro atoms. The van der Waals surface area contributed by atoms with Gasteiger partial charge in [-0.15, -0.1) is 0 Å². The summed E-state index contributed by atoms with van der Waals surface area (Å²) < 4.78 is 6.94. The molecule has 3 rings (SSSR count). The lowest BCUT2D eigenvalue weighted by Crippen LogP contribution is -2.37. The number of rotatable bonds is 6. The Morgan fingerprint density at radius 1 is 1.48 bits per heavy atom. The summed E-state index contributed by atoms with van der Waals surface area (Å²) in [5, 5.41) is 13.3. The second-order valence-electron chi connectivity index (χ2n) is 6.53. The van der Waals surface area contributed by atoms with Gasteiger partial charge >= 0.3 is 6.09 Å². The van der Waals surface area contributed by atoms with Gasteiger partial charge in [0.15, 0.2) is 0 Å². The predicted molar refractivity (Wildman–Crippen MR) is 103 cm³/mol. The molecule has 27 heavy (non-hydrogen) atoms. The van der Waals surface area contributed by atoms with Crippen LogP contribution < -0.4 is 16.0 Å². The number of carbonyl (C=O) groups is 2. The zero-order valence-electron chi connectivity index (χ0n) is 15.4. The van der Waals surface area contributed by atoms with Crippen molar-refractivity contribution < 1.29 is 14.3 Å². The van der Waals surface area contributed by atoms with Crippen molar-refractivity contribution in [2.45, 2.75) is 26.0 Å². The smallest absolute Gasteiger partial charge is 0.407 e. The van der Waals surface area contributed by atoms with E-state index < -0.39 is 6.09 Å². The minimum absolute atomic E-state index is 0.0296. The number of halogens is 1. The third kappa shape index (κ3) is 4.40. The minimum atomic E-state index is -0.504. The first-order chi connectivity index (χ1) is 12.9. The van der Waals surface area contributed by atoms with Gasteiger partial charge in [0.2, 0.25) is 5.91 Å². The van der Waals surface area contributed by atoms with Crippen LogP contribution in [0.1, 0.15) is 18.2 Å². The fourth-order valence-electron chi connectivity index (χ4n) is 2.86. The number of ether oxygens (including phenoxy) is 1. The molecule has 3 N–H and O–H groups in total. The molecule has 1 atom stereocenters. The monoisotopic (exact) mass is 391 g/mol. The van der Waals surface area contributed by atoms with Gasteiger partial charge in [0, 0.05) is 31.4 Å². The number of carbonyl (C=O) groups excluding carboxylic acids is 2. The molecule has 1 aromatic carbocycles. The van der Waals surface area contributed by atoms with Crippen LogP contribution in [-0.4, -0.2) is 41.4 Å². The van der Waals surface area contributed by atoms with Crippen molar-refractivity contribution in [3.05, 3.63) is 34.6 Å². The summed E-state index contributed by atoms with van der Waals surface area (Å²) in [6, 6.07) is 3.84. The zero-order valence-corrected chi connectivity index (χ0v) is 16.2. The summed E-state index contributed by atoms with van der Waals surface area (Å²) in [7, 11) is 3.62. The number of hydrogen-bond donors (Lipinski definition) is 3. The van der Waals surface area contributed by atoms with Gasteiger partial charge < -0.3 is 20.7 Å². The Kier molecular flexibility index (Phi) is 5.67. The average molecular weight is 392 g/mol. The Bertz CT molecular complexity index is 880. The van der Waals surface area contributed by atoms with Crippen LogP contribution in [0.25, 0.3) is 11.1 Å². The van der Waals surface area contributed by atoms with Gasteiger partial charge in [0.1, 0.15) is 12.3 Å². The standard InChI is InChI=1S/C18H22ClN5O3/c1-10(20-2)7-21-18(26)27-9-15-13(8-24(3)23-15)11-4-12-6-16(25)22-17(12)14(19)5-11/h4-5,8,10,20H,6-7,9H2,1-3H3,(H,21,26)(H,22,25)/t10-/m1/s1. The molecular weight excluding hydrogens is 370 g/mol. The fraction of sp³-hybridized carbons (Fsp3) is 0.389. The normalized spacial score (nSPS) is 13.9.